The van der Waals surface area contributed by atoms with E-state index < -0.39 is 27.8 Å². The van der Waals surface area contributed by atoms with Gasteiger partial charge in [0.2, 0.25) is 5.91 Å². The van der Waals surface area contributed by atoms with Crippen molar-refractivity contribution in [3.05, 3.63) is 0 Å². The molecule has 0 aliphatic carbocycles. The minimum Gasteiger partial charge on any atom is -0.351 e. The van der Waals surface area contributed by atoms with Crippen LogP contribution in [0, 0.1) is 0 Å². The number of thioether (sulfide) groups is 1. The Hall–Kier alpha value is -0.310. The Kier molecular flexibility index (Phi) is 6.90. The van der Waals surface area contributed by atoms with Gasteiger partial charge in [0, 0.05) is 6.04 Å². The van der Waals surface area contributed by atoms with Crippen LogP contribution < -0.4 is 11.1 Å². The minimum atomic E-state index is -4.07. The Morgan fingerprint density at radius 1 is 1.60 bits per heavy atom. The smallest absolute Gasteiger partial charge is 0.266 e. The van der Waals surface area contributed by atoms with Crippen molar-refractivity contribution in [1.82, 2.24) is 5.32 Å². The van der Waals surface area contributed by atoms with Crippen molar-refractivity contribution in [3.63, 3.8) is 0 Å². The van der Waals surface area contributed by atoms with E-state index in [2.05, 4.69) is 5.32 Å². The number of nitrogens with one attached hydrogen (secondary N) is 1. The summed E-state index contributed by atoms with van der Waals surface area (Å²) in [7, 11) is -4.07. The highest BCUT2D eigenvalue weighted by Crippen LogP contribution is 2.03. The van der Waals surface area contributed by atoms with Crippen molar-refractivity contribution in [1.29, 1.82) is 0 Å². The minimum absolute atomic E-state index is 0.193. The van der Waals surface area contributed by atoms with Crippen molar-refractivity contribution in [3.8, 4) is 0 Å². The van der Waals surface area contributed by atoms with E-state index >= 15 is 0 Å². The van der Waals surface area contributed by atoms with E-state index in [0.29, 0.717) is 12.2 Å². The molecule has 15 heavy (non-hydrogen) atoms. The fraction of sp³-hybridized carbons (Fsp3) is 0.857. The third kappa shape index (κ3) is 8.67. The molecule has 90 valence electrons. The van der Waals surface area contributed by atoms with E-state index in [0.717, 1.165) is 0 Å². The van der Waals surface area contributed by atoms with Gasteiger partial charge >= 0.3 is 0 Å². The van der Waals surface area contributed by atoms with Gasteiger partial charge in [-0.15, -0.1) is 0 Å². The topological polar surface area (TPSA) is 109 Å². The number of carbonyl (C=O) groups excluding carboxylic acids is 1. The molecule has 0 aromatic rings. The molecular formula is C7H16N2O4S2. The molecule has 0 radical (unpaired) electrons. The molecule has 4 N–H and O–H groups in total. The molecule has 0 rings (SSSR count). The van der Waals surface area contributed by atoms with Crippen LogP contribution in [0.2, 0.25) is 0 Å². The molecule has 8 heteroatoms. The molecule has 0 saturated heterocycles. The summed E-state index contributed by atoms with van der Waals surface area (Å²) in [6, 6.07) is -0.580. The van der Waals surface area contributed by atoms with Gasteiger partial charge in [-0.3, -0.25) is 9.35 Å². The van der Waals surface area contributed by atoms with Crippen molar-refractivity contribution in [2.75, 3.05) is 24.3 Å². The van der Waals surface area contributed by atoms with E-state index in [1.54, 1.807) is 0 Å². The maximum Gasteiger partial charge on any atom is 0.266 e. The number of carbonyl (C=O) groups is 1. The summed E-state index contributed by atoms with van der Waals surface area (Å²) in [6.07, 6.45) is 2.35. The molecule has 6 nitrogen and oxygen atoms in total. The maximum absolute atomic E-state index is 11.0. The van der Waals surface area contributed by atoms with Crippen molar-refractivity contribution in [2.24, 2.45) is 5.73 Å². The van der Waals surface area contributed by atoms with Crippen LogP contribution in [0.4, 0.5) is 0 Å². The Balaban J connectivity index is 4.24. The standard InChI is InChI=1S/C7H16N2O4S2/c1-14-3-2-6(5-15(11,12)13)9-7(10)4-8/h6H,2-5,8H2,1H3,(H,9,10)(H,11,12,13). The zero-order valence-electron chi connectivity index (χ0n) is 8.47. The molecular weight excluding hydrogens is 240 g/mol. The fourth-order valence-electron chi connectivity index (χ4n) is 0.998. The largest absolute Gasteiger partial charge is 0.351 e. The van der Waals surface area contributed by atoms with Crippen LogP contribution in [0.25, 0.3) is 0 Å². The van der Waals surface area contributed by atoms with Crippen molar-refractivity contribution < 1.29 is 17.8 Å². The molecule has 1 unspecified atom stereocenters. The van der Waals surface area contributed by atoms with Crippen LogP contribution in [0.3, 0.4) is 0 Å². The highest BCUT2D eigenvalue weighted by atomic mass is 32.2. The Morgan fingerprint density at radius 3 is 2.60 bits per heavy atom. The third-order valence-electron chi connectivity index (χ3n) is 1.63. The fourth-order valence-corrected chi connectivity index (χ4v) is 2.28. The molecule has 0 aliphatic heterocycles. The van der Waals surface area contributed by atoms with E-state index in [4.69, 9.17) is 10.3 Å². The second-order valence-corrected chi connectivity index (χ2v) is 5.48. The first-order chi connectivity index (χ1) is 6.89. The molecule has 0 saturated carbocycles. The first kappa shape index (κ1) is 14.7. The number of hydrogen-bond acceptors (Lipinski definition) is 5. The van der Waals surface area contributed by atoms with Crippen LogP contribution in [0.15, 0.2) is 0 Å². The quantitative estimate of drug-likeness (QED) is 0.508. The summed E-state index contributed by atoms with van der Waals surface area (Å²) in [4.78, 5) is 11.0. The van der Waals surface area contributed by atoms with Crippen LogP contribution >= 0.6 is 11.8 Å². The molecule has 0 spiro atoms. The number of rotatable bonds is 7. The summed E-state index contributed by atoms with van der Waals surface area (Å²) in [5.74, 6) is -0.200. The average Bonchev–Trinajstić information content (AvgIpc) is 2.11. The molecule has 0 aromatic heterocycles. The Morgan fingerprint density at radius 2 is 2.20 bits per heavy atom. The second-order valence-electron chi connectivity index (χ2n) is 3.00. The molecule has 1 atom stereocenters. The van der Waals surface area contributed by atoms with Gasteiger partial charge in [-0.2, -0.15) is 20.2 Å². The van der Waals surface area contributed by atoms with Crippen LogP contribution in [-0.4, -0.2) is 49.2 Å². The second kappa shape index (κ2) is 7.04. The Labute approximate surface area is 93.7 Å². The molecule has 1 amide bonds. The number of hydrogen-bond donors (Lipinski definition) is 3. The van der Waals surface area contributed by atoms with Crippen molar-refractivity contribution in [2.45, 2.75) is 12.5 Å². The first-order valence-corrected chi connectivity index (χ1v) is 7.33. The van der Waals surface area contributed by atoms with E-state index in [9.17, 15) is 13.2 Å². The van der Waals surface area contributed by atoms with Gasteiger partial charge < -0.3 is 11.1 Å². The van der Waals surface area contributed by atoms with E-state index in [1.165, 1.54) is 11.8 Å². The SMILES string of the molecule is CSCCC(CS(=O)(=O)O)NC(=O)CN. The summed E-state index contributed by atoms with van der Waals surface area (Å²) in [6.45, 7) is -0.193. The highest BCUT2D eigenvalue weighted by molar-refractivity contribution is 7.98. The summed E-state index contributed by atoms with van der Waals surface area (Å²) < 4.78 is 29.9. The van der Waals surface area contributed by atoms with Gasteiger partial charge in [0.25, 0.3) is 10.1 Å². The first-order valence-electron chi connectivity index (χ1n) is 4.32. The van der Waals surface area contributed by atoms with Gasteiger partial charge in [0.05, 0.1) is 12.3 Å². The molecule has 0 aliphatic rings. The number of nitrogens with two attached hydrogens (primary N) is 1. The number of amides is 1. The predicted molar refractivity (Wildman–Crippen MR) is 60.4 cm³/mol. The summed E-state index contributed by atoms with van der Waals surface area (Å²) in [5.41, 5.74) is 5.08. The normalized spacial score (nSPS) is 13.5. The van der Waals surface area contributed by atoms with Crippen LogP contribution in [0.1, 0.15) is 6.42 Å². The zero-order valence-corrected chi connectivity index (χ0v) is 10.1. The van der Waals surface area contributed by atoms with Crippen molar-refractivity contribution >= 4 is 27.8 Å². The van der Waals surface area contributed by atoms with Gasteiger partial charge in [-0.1, -0.05) is 0 Å². The lowest BCUT2D eigenvalue weighted by Gasteiger charge is -2.16. The van der Waals surface area contributed by atoms with Crippen LogP contribution in [0.5, 0.6) is 0 Å². The van der Waals surface area contributed by atoms with Gasteiger partial charge in [-0.05, 0) is 18.4 Å². The molecule has 0 aromatic carbocycles. The third-order valence-corrected chi connectivity index (χ3v) is 3.10. The summed E-state index contributed by atoms with van der Waals surface area (Å²) in [5, 5.41) is 2.44. The van der Waals surface area contributed by atoms with Gasteiger partial charge in [0.1, 0.15) is 0 Å². The molecule has 0 heterocycles. The highest BCUT2D eigenvalue weighted by Gasteiger charge is 2.17. The monoisotopic (exact) mass is 256 g/mol. The predicted octanol–water partition coefficient (Wildman–Crippen LogP) is -0.929. The van der Waals surface area contributed by atoms with E-state index in [-0.39, 0.29) is 6.54 Å². The molecule has 0 bridgehead atoms. The van der Waals surface area contributed by atoms with Crippen LogP contribution in [-0.2, 0) is 14.9 Å². The molecule has 0 fully saturated rings. The summed E-state index contributed by atoms with van der Waals surface area (Å²) >= 11 is 1.53. The lowest BCUT2D eigenvalue weighted by molar-refractivity contribution is -0.120. The lowest BCUT2D eigenvalue weighted by atomic mass is 10.2. The zero-order chi connectivity index (χ0) is 11.9. The van der Waals surface area contributed by atoms with E-state index in [1.807, 2.05) is 6.26 Å². The van der Waals surface area contributed by atoms with Gasteiger partial charge in [0.15, 0.2) is 0 Å². The average molecular weight is 256 g/mol. The Bertz CT molecular complexity index is 291. The van der Waals surface area contributed by atoms with Gasteiger partial charge in [-0.25, -0.2) is 0 Å². The lowest BCUT2D eigenvalue weighted by Crippen LogP contribution is -2.42. The maximum atomic E-state index is 11.0.